The third kappa shape index (κ3) is 6.24. The zero-order valence-electron chi connectivity index (χ0n) is 23.1. The maximum atomic E-state index is 15.5. The van der Waals surface area contributed by atoms with Crippen molar-refractivity contribution in [1.29, 1.82) is 0 Å². The van der Waals surface area contributed by atoms with E-state index in [4.69, 9.17) is 4.74 Å². The molecule has 0 amide bonds. The lowest BCUT2D eigenvalue weighted by molar-refractivity contribution is 0.0115. The third-order valence-corrected chi connectivity index (χ3v) is 9.32. The van der Waals surface area contributed by atoms with Gasteiger partial charge in [0.2, 0.25) is 10.0 Å². The van der Waals surface area contributed by atoms with Crippen LogP contribution < -0.4 is 20.1 Å². The fourth-order valence-electron chi connectivity index (χ4n) is 5.74. The molecule has 2 aromatic rings. The van der Waals surface area contributed by atoms with Gasteiger partial charge in [-0.3, -0.25) is 19.6 Å². The van der Waals surface area contributed by atoms with Gasteiger partial charge in [-0.15, -0.1) is 0 Å². The molecule has 3 aliphatic heterocycles. The molecule has 0 radical (unpaired) electrons. The van der Waals surface area contributed by atoms with Gasteiger partial charge in [0, 0.05) is 50.2 Å². The molecule has 2 fully saturated rings. The summed E-state index contributed by atoms with van der Waals surface area (Å²) in [6.07, 6.45) is 8.52. The minimum atomic E-state index is -3.74. The second-order valence-electron chi connectivity index (χ2n) is 10.5. The Morgan fingerprint density at radius 2 is 1.85 bits per heavy atom. The second kappa shape index (κ2) is 12.4. The first kappa shape index (κ1) is 28.7. The van der Waals surface area contributed by atoms with Crippen LogP contribution in [-0.4, -0.2) is 75.5 Å². The number of benzene rings is 1. The van der Waals surface area contributed by atoms with Gasteiger partial charge >= 0.3 is 0 Å². The largest absolute Gasteiger partial charge is 0.379 e. The SMILES string of the molecule is CCCS(=O)(=O)Nc1ccc(F)c(N2C=C(c3cncc(N4CCC(N5CCOCC5)CC4)c3)C(CC)N2)c1F. The Bertz CT molecular complexity index is 1330. The van der Waals surface area contributed by atoms with Crippen LogP contribution >= 0.6 is 0 Å². The molecule has 2 saturated heterocycles. The molecule has 0 bridgehead atoms. The fraction of sp³-hybridized carbons (Fsp3) is 0.536. The Labute approximate surface area is 235 Å². The number of ether oxygens (including phenoxy) is 1. The summed E-state index contributed by atoms with van der Waals surface area (Å²) in [4.78, 5) is 9.39. The molecule has 40 heavy (non-hydrogen) atoms. The van der Waals surface area contributed by atoms with Gasteiger partial charge in [-0.05, 0) is 49.5 Å². The number of hydrazine groups is 1. The van der Waals surface area contributed by atoms with Crippen molar-refractivity contribution in [3.05, 3.63) is 54.0 Å². The van der Waals surface area contributed by atoms with E-state index in [1.54, 1.807) is 19.3 Å². The highest BCUT2D eigenvalue weighted by Crippen LogP contribution is 2.35. The zero-order valence-corrected chi connectivity index (χ0v) is 23.9. The van der Waals surface area contributed by atoms with Crippen LogP contribution in [0.25, 0.3) is 5.57 Å². The first-order chi connectivity index (χ1) is 19.3. The lowest BCUT2D eigenvalue weighted by atomic mass is 9.99. The Kier molecular flexibility index (Phi) is 8.89. The zero-order chi connectivity index (χ0) is 28.3. The Morgan fingerprint density at radius 1 is 1.10 bits per heavy atom. The molecule has 0 aliphatic carbocycles. The van der Waals surface area contributed by atoms with Gasteiger partial charge in [0.05, 0.1) is 42.6 Å². The van der Waals surface area contributed by atoms with Gasteiger partial charge in [-0.1, -0.05) is 13.8 Å². The predicted molar refractivity (Wildman–Crippen MR) is 154 cm³/mol. The van der Waals surface area contributed by atoms with Gasteiger partial charge in [0.25, 0.3) is 0 Å². The van der Waals surface area contributed by atoms with Crippen molar-refractivity contribution in [3.63, 3.8) is 0 Å². The van der Waals surface area contributed by atoms with E-state index in [9.17, 15) is 12.8 Å². The van der Waals surface area contributed by atoms with E-state index < -0.39 is 21.7 Å². The van der Waals surface area contributed by atoms with Crippen LogP contribution in [0.3, 0.4) is 0 Å². The standard InChI is InChI=1S/C28H38F2N6O3S/c1-3-15-40(37,38)33-26-6-5-24(29)28(27(26)30)36-19-23(25(4-2)32-36)20-16-22(18-31-17-20)34-9-7-21(8-10-34)35-11-13-39-14-12-35/h5-6,16-19,21,25,32-33H,3-4,7-15H2,1-2H3. The van der Waals surface area contributed by atoms with Crippen LogP contribution in [0.4, 0.5) is 25.8 Å². The van der Waals surface area contributed by atoms with Gasteiger partial charge < -0.3 is 9.64 Å². The van der Waals surface area contributed by atoms with E-state index in [-0.39, 0.29) is 23.2 Å². The molecule has 12 heteroatoms. The van der Waals surface area contributed by atoms with E-state index in [1.165, 1.54) is 5.01 Å². The molecule has 9 nitrogen and oxygen atoms in total. The van der Waals surface area contributed by atoms with Crippen LogP contribution in [-0.2, 0) is 14.8 Å². The molecule has 0 spiro atoms. The number of sulfonamides is 1. The fourth-order valence-corrected chi connectivity index (χ4v) is 6.87. The van der Waals surface area contributed by atoms with Crippen LogP contribution in [0.15, 0.2) is 36.8 Å². The molecule has 1 atom stereocenters. The van der Waals surface area contributed by atoms with Crippen molar-refractivity contribution in [2.75, 3.05) is 59.8 Å². The molecule has 5 rings (SSSR count). The maximum Gasteiger partial charge on any atom is 0.232 e. The van der Waals surface area contributed by atoms with Crippen molar-refractivity contribution < 1.29 is 21.9 Å². The van der Waals surface area contributed by atoms with Crippen molar-refractivity contribution in [2.24, 2.45) is 0 Å². The number of morpholine rings is 1. The Balaban J connectivity index is 1.35. The number of aromatic nitrogens is 1. The number of nitrogens with one attached hydrogen (secondary N) is 2. The van der Waals surface area contributed by atoms with Crippen LogP contribution in [0.5, 0.6) is 0 Å². The minimum Gasteiger partial charge on any atom is -0.379 e. The summed E-state index contributed by atoms with van der Waals surface area (Å²) in [6.45, 7) is 9.17. The average molecular weight is 577 g/mol. The van der Waals surface area contributed by atoms with Crippen molar-refractivity contribution in [1.82, 2.24) is 15.3 Å². The van der Waals surface area contributed by atoms with Crippen molar-refractivity contribution in [2.45, 2.75) is 51.6 Å². The predicted octanol–water partition coefficient (Wildman–Crippen LogP) is 3.96. The highest BCUT2D eigenvalue weighted by Gasteiger charge is 2.31. The first-order valence-corrected chi connectivity index (χ1v) is 15.7. The van der Waals surface area contributed by atoms with E-state index in [1.807, 2.05) is 13.1 Å². The number of piperidine rings is 1. The minimum absolute atomic E-state index is 0.155. The highest BCUT2D eigenvalue weighted by molar-refractivity contribution is 7.92. The van der Waals surface area contributed by atoms with Crippen molar-refractivity contribution >= 4 is 32.7 Å². The molecule has 218 valence electrons. The maximum absolute atomic E-state index is 15.5. The molecule has 1 aromatic heterocycles. The van der Waals surface area contributed by atoms with Crippen molar-refractivity contribution in [3.8, 4) is 0 Å². The number of hydrogen-bond acceptors (Lipinski definition) is 8. The lowest BCUT2D eigenvalue weighted by Crippen LogP contribution is -2.49. The molecular formula is C28H38F2N6O3S. The summed E-state index contributed by atoms with van der Waals surface area (Å²) >= 11 is 0. The normalized spacial score (nSPS) is 21.1. The van der Waals surface area contributed by atoms with Crippen LogP contribution in [0.1, 0.15) is 45.1 Å². The topological polar surface area (TPSA) is 90.0 Å². The second-order valence-corrected chi connectivity index (χ2v) is 12.4. The number of pyridine rings is 1. The van der Waals surface area contributed by atoms with E-state index in [0.29, 0.717) is 18.9 Å². The summed E-state index contributed by atoms with van der Waals surface area (Å²) in [5.41, 5.74) is 5.27. The number of nitrogens with zero attached hydrogens (tertiary/aromatic N) is 4. The number of anilines is 3. The smallest absolute Gasteiger partial charge is 0.232 e. The Morgan fingerprint density at radius 3 is 2.55 bits per heavy atom. The lowest BCUT2D eigenvalue weighted by Gasteiger charge is -2.40. The first-order valence-electron chi connectivity index (χ1n) is 14.1. The molecule has 2 N–H and O–H groups in total. The molecule has 4 heterocycles. The number of hydrogen-bond donors (Lipinski definition) is 2. The summed E-state index contributed by atoms with van der Waals surface area (Å²) in [7, 11) is -3.74. The summed E-state index contributed by atoms with van der Waals surface area (Å²) in [6, 6.07) is 4.63. The molecule has 1 unspecified atom stereocenters. The van der Waals surface area contributed by atoms with E-state index >= 15 is 4.39 Å². The molecule has 3 aliphatic rings. The Hall–Kier alpha value is -2.80. The highest BCUT2D eigenvalue weighted by atomic mass is 32.2. The number of halogens is 2. The van der Waals surface area contributed by atoms with E-state index in [2.05, 4.69) is 31.0 Å². The van der Waals surface area contributed by atoms with E-state index in [0.717, 1.165) is 81.2 Å². The van der Waals surface area contributed by atoms with Crippen LogP contribution in [0, 0.1) is 11.6 Å². The molecular weight excluding hydrogens is 538 g/mol. The third-order valence-electron chi connectivity index (χ3n) is 7.84. The van der Waals surface area contributed by atoms with Gasteiger partial charge in [0.15, 0.2) is 11.6 Å². The monoisotopic (exact) mass is 576 g/mol. The van der Waals surface area contributed by atoms with Gasteiger partial charge in [-0.2, -0.15) is 0 Å². The summed E-state index contributed by atoms with van der Waals surface area (Å²) in [5, 5.41) is 1.31. The molecule has 1 aromatic carbocycles. The summed E-state index contributed by atoms with van der Waals surface area (Å²) in [5.74, 6) is -1.93. The molecule has 0 saturated carbocycles. The van der Waals surface area contributed by atoms with Crippen LogP contribution in [0.2, 0.25) is 0 Å². The quantitative estimate of drug-likeness (QED) is 0.464. The summed E-state index contributed by atoms with van der Waals surface area (Å²) < 4.78 is 62.6. The van der Waals surface area contributed by atoms with Gasteiger partial charge in [0.1, 0.15) is 5.69 Å². The average Bonchev–Trinajstić information content (AvgIpc) is 3.39. The van der Waals surface area contributed by atoms with Gasteiger partial charge in [-0.25, -0.2) is 22.6 Å². The number of rotatable bonds is 9.